The molecule has 0 atom stereocenters. The minimum atomic E-state index is -0.276. The average molecular weight is 370 g/mol. The van der Waals surface area contributed by atoms with Crippen molar-refractivity contribution < 1.29 is 4.39 Å². The maximum atomic E-state index is 13.1. The summed E-state index contributed by atoms with van der Waals surface area (Å²) in [6, 6.07) is 9.95. The SMILES string of the molecule is CCN(Cc1cc(=O)n2c(CCC#N)c(C)sc2n1)c1ccc(F)cc1. The first-order valence-electron chi connectivity index (χ1n) is 8.42. The van der Waals surface area contributed by atoms with Crippen molar-refractivity contribution in [2.45, 2.75) is 33.2 Å². The number of fused-ring (bicyclic) bond motifs is 1. The van der Waals surface area contributed by atoms with E-state index >= 15 is 0 Å². The second-order valence-corrected chi connectivity index (χ2v) is 7.14. The van der Waals surface area contributed by atoms with Gasteiger partial charge in [0, 0.05) is 41.7 Å². The maximum absolute atomic E-state index is 13.1. The lowest BCUT2D eigenvalue weighted by molar-refractivity contribution is 0.627. The molecule has 0 aliphatic carbocycles. The molecule has 0 aliphatic heterocycles. The molecule has 7 heteroatoms. The molecule has 2 heterocycles. The summed E-state index contributed by atoms with van der Waals surface area (Å²) < 4.78 is 14.7. The minimum absolute atomic E-state index is 0.127. The Bertz CT molecular complexity index is 1020. The molecule has 1 aromatic carbocycles. The van der Waals surface area contributed by atoms with Crippen molar-refractivity contribution in [1.29, 1.82) is 5.26 Å². The van der Waals surface area contributed by atoms with Gasteiger partial charge in [0.15, 0.2) is 4.96 Å². The summed E-state index contributed by atoms with van der Waals surface area (Å²) in [5, 5.41) is 8.81. The Morgan fingerprint density at radius 2 is 2.08 bits per heavy atom. The van der Waals surface area contributed by atoms with E-state index in [2.05, 4.69) is 11.1 Å². The van der Waals surface area contributed by atoms with Crippen molar-refractivity contribution >= 4 is 22.0 Å². The standard InChI is InChI=1S/C19H19FN4OS/c1-3-23(16-8-6-14(20)7-9-16)12-15-11-18(25)24-17(5-4-10-21)13(2)26-19(24)22-15/h6-9,11H,3-5,12H2,1-2H3. The van der Waals surface area contributed by atoms with Crippen molar-refractivity contribution in [3.63, 3.8) is 0 Å². The molecule has 5 nitrogen and oxygen atoms in total. The van der Waals surface area contributed by atoms with E-state index in [1.54, 1.807) is 22.6 Å². The van der Waals surface area contributed by atoms with Crippen LogP contribution >= 0.6 is 11.3 Å². The van der Waals surface area contributed by atoms with Gasteiger partial charge in [-0.2, -0.15) is 5.26 Å². The van der Waals surface area contributed by atoms with Gasteiger partial charge in [-0.25, -0.2) is 9.37 Å². The Labute approximate surface area is 155 Å². The summed E-state index contributed by atoms with van der Waals surface area (Å²) >= 11 is 1.46. The number of halogens is 1. The molecule has 0 bridgehead atoms. The Kier molecular flexibility index (Phi) is 5.33. The molecule has 0 fully saturated rings. The molecular weight excluding hydrogens is 351 g/mol. The molecule has 2 aromatic heterocycles. The minimum Gasteiger partial charge on any atom is -0.366 e. The third-order valence-corrected chi connectivity index (χ3v) is 5.26. The number of benzene rings is 1. The van der Waals surface area contributed by atoms with E-state index in [9.17, 15) is 9.18 Å². The van der Waals surface area contributed by atoms with Crippen molar-refractivity contribution in [2.75, 3.05) is 11.4 Å². The van der Waals surface area contributed by atoms with Crippen LogP contribution in [-0.2, 0) is 13.0 Å². The van der Waals surface area contributed by atoms with Gasteiger partial charge in [-0.1, -0.05) is 0 Å². The van der Waals surface area contributed by atoms with Crippen LogP contribution in [0.4, 0.5) is 10.1 Å². The predicted molar refractivity (Wildman–Crippen MR) is 101 cm³/mol. The second-order valence-electron chi connectivity index (χ2n) is 5.96. The molecule has 26 heavy (non-hydrogen) atoms. The highest BCUT2D eigenvalue weighted by Crippen LogP contribution is 2.22. The highest BCUT2D eigenvalue weighted by Gasteiger charge is 2.14. The van der Waals surface area contributed by atoms with Crippen LogP contribution in [0.25, 0.3) is 4.96 Å². The monoisotopic (exact) mass is 370 g/mol. The third kappa shape index (κ3) is 3.60. The molecule has 0 aliphatic rings. The first-order chi connectivity index (χ1) is 12.5. The number of nitrogens with zero attached hydrogens (tertiary/aromatic N) is 4. The Balaban J connectivity index is 1.94. The summed E-state index contributed by atoms with van der Waals surface area (Å²) in [6.07, 6.45) is 0.912. The first-order valence-corrected chi connectivity index (χ1v) is 9.23. The number of aryl methyl sites for hydroxylation is 2. The van der Waals surface area contributed by atoms with Crippen LogP contribution in [0.2, 0.25) is 0 Å². The first kappa shape index (κ1) is 18.1. The Morgan fingerprint density at radius 3 is 2.73 bits per heavy atom. The van der Waals surface area contributed by atoms with E-state index in [1.807, 2.05) is 18.7 Å². The van der Waals surface area contributed by atoms with Gasteiger partial charge in [-0.3, -0.25) is 9.20 Å². The fraction of sp³-hybridized carbons (Fsp3) is 0.316. The van der Waals surface area contributed by atoms with E-state index in [0.29, 0.717) is 36.6 Å². The highest BCUT2D eigenvalue weighted by molar-refractivity contribution is 7.17. The lowest BCUT2D eigenvalue weighted by Gasteiger charge is -2.22. The summed E-state index contributed by atoms with van der Waals surface area (Å²) in [7, 11) is 0. The summed E-state index contributed by atoms with van der Waals surface area (Å²) in [5.74, 6) is -0.276. The van der Waals surface area contributed by atoms with Crippen molar-refractivity contribution in [2.24, 2.45) is 0 Å². The van der Waals surface area contributed by atoms with Crippen LogP contribution in [0.15, 0.2) is 35.1 Å². The van der Waals surface area contributed by atoms with Crippen LogP contribution < -0.4 is 10.5 Å². The van der Waals surface area contributed by atoms with Crippen LogP contribution in [0.5, 0.6) is 0 Å². The molecule has 0 saturated carbocycles. The fourth-order valence-electron chi connectivity index (χ4n) is 2.95. The maximum Gasteiger partial charge on any atom is 0.259 e. The number of thiazole rings is 1. The molecule has 134 valence electrons. The Morgan fingerprint density at radius 1 is 1.35 bits per heavy atom. The zero-order chi connectivity index (χ0) is 18.7. The molecule has 0 amide bonds. The predicted octanol–water partition coefficient (Wildman–Crippen LogP) is 3.69. The van der Waals surface area contributed by atoms with Gasteiger partial charge in [0.05, 0.1) is 18.3 Å². The van der Waals surface area contributed by atoms with Gasteiger partial charge >= 0.3 is 0 Å². The summed E-state index contributed by atoms with van der Waals surface area (Å²) in [6.45, 7) is 5.13. The molecule has 3 rings (SSSR count). The number of anilines is 1. The zero-order valence-electron chi connectivity index (χ0n) is 14.7. The summed E-state index contributed by atoms with van der Waals surface area (Å²) in [5.41, 5.74) is 2.29. The van der Waals surface area contributed by atoms with Gasteiger partial charge in [-0.05, 0) is 38.1 Å². The van der Waals surface area contributed by atoms with E-state index in [0.717, 1.165) is 16.3 Å². The summed E-state index contributed by atoms with van der Waals surface area (Å²) in [4.78, 5) is 21.0. The molecular formula is C19H19FN4OS. The van der Waals surface area contributed by atoms with Crippen LogP contribution in [0.3, 0.4) is 0 Å². The lowest BCUT2D eigenvalue weighted by atomic mass is 10.2. The average Bonchev–Trinajstić information content (AvgIpc) is 2.94. The number of rotatable bonds is 6. The normalized spacial score (nSPS) is 10.8. The van der Waals surface area contributed by atoms with Crippen LogP contribution in [0, 0.1) is 24.1 Å². The topological polar surface area (TPSA) is 61.4 Å². The van der Waals surface area contributed by atoms with Crippen molar-refractivity contribution in [1.82, 2.24) is 9.38 Å². The Hall–Kier alpha value is -2.72. The quantitative estimate of drug-likeness (QED) is 0.664. The van der Waals surface area contributed by atoms with Crippen LogP contribution in [-0.4, -0.2) is 15.9 Å². The van der Waals surface area contributed by atoms with Gasteiger partial charge in [0.25, 0.3) is 5.56 Å². The smallest absolute Gasteiger partial charge is 0.259 e. The van der Waals surface area contributed by atoms with Gasteiger partial charge in [0.1, 0.15) is 5.82 Å². The molecule has 0 spiro atoms. The van der Waals surface area contributed by atoms with Crippen molar-refractivity contribution in [3.8, 4) is 6.07 Å². The number of aromatic nitrogens is 2. The molecule has 0 radical (unpaired) electrons. The van der Waals surface area contributed by atoms with Gasteiger partial charge < -0.3 is 4.90 Å². The molecule has 0 N–H and O–H groups in total. The number of nitriles is 1. The van der Waals surface area contributed by atoms with E-state index in [-0.39, 0.29) is 11.4 Å². The highest BCUT2D eigenvalue weighted by atomic mass is 32.1. The van der Waals surface area contributed by atoms with Gasteiger partial charge in [-0.15, -0.1) is 11.3 Å². The third-order valence-electron chi connectivity index (χ3n) is 4.26. The van der Waals surface area contributed by atoms with Crippen molar-refractivity contribution in [3.05, 3.63) is 62.8 Å². The largest absolute Gasteiger partial charge is 0.366 e. The number of hydrogen-bond donors (Lipinski definition) is 0. The zero-order valence-corrected chi connectivity index (χ0v) is 15.5. The molecule has 0 unspecified atom stereocenters. The van der Waals surface area contributed by atoms with Gasteiger partial charge in [0.2, 0.25) is 0 Å². The van der Waals surface area contributed by atoms with E-state index in [1.165, 1.54) is 23.5 Å². The van der Waals surface area contributed by atoms with E-state index in [4.69, 9.17) is 5.26 Å². The lowest BCUT2D eigenvalue weighted by Crippen LogP contribution is -2.25. The molecule has 3 aromatic rings. The second kappa shape index (κ2) is 7.67. The number of hydrogen-bond acceptors (Lipinski definition) is 5. The van der Waals surface area contributed by atoms with Crippen LogP contribution in [0.1, 0.15) is 29.6 Å². The molecule has 0 saturated heterocycles. The fourth-order valence-corrected chi connectivity index (χ4v) is 3.99. The van der Waals surface area contributed by atoms with E-state index < -0.39 is 0 Å².